The Bertz CT molecular complexity index is 1850. The third kappa shape index (κ3) is 5.18. The predicted molar refractivity (Wildman–Crippen MR) is 163 cm³/mol. The van der Waals surface area contributed by atoms with Gasteiger partial charge < -0.3 is 5.11 Å². The molecule has 1 aliphatic heterocycles. The quantitative estimate of drug-likeness (QED) is 0.0666. The standard InChI is InChI=1S/C31H21BrFN3O3S2/c1-17-9-10-20(15-24(17)33)27(37)25-26(19-11-13-22(32)14-12-19)36(29(39)28(25)38)30-34-35-31(41-30)40-16-21-7-4-6-18-5-2-3-8-23(18)21/h2-15,26,37H,16H2,1H3/t26-/m1/s1. The number of nitrogens with zero attached hydrogens (tertiary/aromatic N) is 3. The van der Waals surface area contributed by atoms with E-state index in [1.807, 2.05) is 18.2 Å². The summed E-state index contributed by atoms with van der Waals surface area (Å²) in [7, 11) is 0. The Balaban J connectivity index is 1.37. The van der Waals surface area contributed by atoms with E-state index in [0.717, 1.165) is 26.9 Å². The second-order valence-electron chi connectivity index (χ2n) is 9.46. The molecule has 41 heavy (non-hydrogen) atoms. The number of hydrogen-bond acceptors (Lipinski definition) is 7. The van der Waals surface area contributed by atoms with Crippen molar-refractivity contribution in [2.45, 2.75) is 23.1 Å². The van der Waals surface area contributed by atoms with E-state index in [1.54, 1.807) is 31.2 Å². The summed E-state index contributed by atoms with van der Waals surface area (Å²) in [6.07, 6.45) is 0. The molecule has 1 fully saturated rings. The number of hydrogen-bond donors (Lipinski definition) is 1. The van der Waals surface area contributed by atoms with Crippen molar-refractivity contribution in [2.75, 3.05) is 4.90 Å². The van der Waals surface area contributed by atoms with E-state index >= 15 is 0 Å². The van der Waals surface area contributed by atoms with Crippen LogP contribution in [-0.2, 0) is 15.3 Å². The highest BCUT2D eigenvalue weighted by molar-refractivity contribution is 9.10. The zero-order valence-corrected chi connectivity index (χ0v) is 24.8. The number of carbonyl (C=O) groups excluding carboxylic acids is 2. The van der Waals surface area contributed by atoms with Crippen LogP contribution in [0.15, 0.2) is 99.3 Å². The van der Waals surface area contributed by atoms with Gasteiger partial charge >= 0.3 is 5.91 Å². The number of amides is 1. The number of halogens is 2. The van der Waals surface area contributed by atoms with Crippen molar-refractivity contribution in [1.29, 1.82) is 0 Å². The number of benzene rings is 4. The second kappa shape index (κ2) is 11.2. The van der Waals surface area contributed by atoms with Crippen molar-refractivity contribution in [3.8, 4) is 0 Å². The van der Waals surface area contributed by atoms with Crippen LogP contribution in [0.5, 0.6) is 0 Å². The Morgan fingerprint density at radius 3 is 2.56 bits per heavy atom. The summed E-state index contributed by atoms with van der Waals surface area (Å²) in [5, 5.41) is 22.3. The van der Waals surface area contributed by atoms with Crippen LogP contribution in [0.1, 0.15) is 28.3 Å². The summed E-state index contributed by atoms with van der Waals surface area (Å²) in [6, 6.07) is 24.6. The summed E-state index contributed by atoms with van der Waals surface area (Å²) in [5.41, 5.74) is 2.10. The zero-order valence-electron chi connectivity index (χ0n) is 21.5. The van der Waals surface area contributed by atoms with Gasteiger partial charge in [0.15, 0.2) is 4.34 Å². The van der Waals surface area contributed by atoms with E-state index in [1.165, 1.54) is 40.1 Å². The van der Waals surface area contributed by atoms with Crippen LogP contribution in [-0.4, -0.2) is 27.0 Å². The van der Waals surface area contributed by atoms with Gasteiger partial charge in [-0.2, -0.15) is 0 Å². The molecule has 6 rings (SSSR count). The molecule has 0 radical (unpaired) electrons. The van der Waals surface area contributed by atoms with Gasteiger partial charge in [0.1, 0.15) is 11.6 Å². The first kappa shape index (κ1) is 27.3. The molecule has 4 aromatic carbocycles. The minimum Gasteiger partial charge on any atom is -0.507 e. The third-order valence-electron chi connectivity index (χ3n) is 6.91. The first-order valence-corrected chi connectivity index (χ1v) is 15.2. The number of aliphatic hydroxyl groups excluding tert-OH is 1. The molecule has 204 valence electrons. The fourth-order valence-electron chi connectivity index (χ4n) is 4.80. The number of anilines is 1. The van der Waals surface area contributed by atoms with E-state index in [-0.39, 0.29) is 16.3 Å². The van der Waals surface area contributed by atoms with Crippen molar-refractivity contribution in [2.24, 2.45) is 0 Å². The number of Topliss-reactive ketones (excluding diaryl/α,β-unsaturated/α-hetero) is 1. The minimum atomic E-state index is -0.976. The van der Waals surface area contributed by atoms with Crippen molar-refractivity contribution < 1.29 is 19.1 Å². The van der Waals surface area contributed by atoms with Gasteiger partial charge in [0.05, 0.1) is 11.6 Å². The van der Waals surface area contributed by atoms with E-state index in [2.05, 4.69) is 50.4 Å². The monoisotopic (exact) mass is 645 g/mol. The Morgan fingerprint density at radius 1 is 1.02 bits per heavy atom. The molecule has 6 nitrogen and oxygen atoms in total. The molecule has 0 spiro atoms. The SMILES string of the molecule is Cc1ccc(C(O)=C2C(=O)C(=O)N(c3nnc(SCc4cccc5ccccc45)s3)[C@@H]2c2ccc(Br)cc2)cc1F. The number of rotatable bonds is 6. The smallest absolute Gasteiger partial charge is 0.301 e. The van der Waals surface area contributed by atoms with Crippen LogP contribution in [0, 0.1) is 12.7 Å². The highest BCUT2D eigenvalue weighted by Crippen LogP contribution is 2.44. The van der Waals surface area contributed by atoms with Gasteiger partial charge in [-0.05, 0) is 52.6 Å². The number of aliphatic hydroxyl groups is 1. The van der Waals surface area contributed by atoms with E-state index in [0.29, 0.717) is 21.2 Å². The maximum absolute atomic E-state index is 14.4. The third-order valence-corrected chi connectivity index (χ3v) is 9.54. The lowest BCUT2D eigenvalue weighted by Gasteiger charge is -2.22. The maximum atomic E-state index is 14.4. The first-order chi connectivity index (χ1) is 19.8. The predicted octanol–water partition coefficient (Wildman–Crippen LogP) is 7.82. The van der Waals surface area contributed by atoms with Crippen LogP contribution in [0.4, 0.5) is 9.52 Å². The van der Waals surface area contributed by atoms with Crippen LogP contribution in [0.2, 0.25) is 0 Å². The van der Waals surface area contributed by atoms with Crippen molar-refractivity contribution >= 4 is 72.4 Å². The molecule has 1 atom stereocenters. The molecule has 10 heteroatoms. The molecule has 0 aliphatic carbocycles. The summed E-state index contributed by atoms with van der Waals surface area (Å²) in [6.45, 7) is 1.60. The van der Waals surface area contributed by atoms with Crippen LogP contribution >= 0.6 is 39.0 Å². The zero-order chi connectivity index (χ0) is 28.7. The molecule has 1 saturated heterocycles. The van der Waals surface area contributed by atoms with Gasteiger partial charge in [0.2, 0.25) is 5.13 Å². The molecule has 1 amide bonds. The number of aromatic nitrogens is 2. The molecular weight excluding hydrogens is 625 g/mol. The van der Waals surface area contributed by atoms with Crippen LogP contribution < -0.4 is 4.90 Å². The lowest BCUT2D eigenvalue weighted by molar-refractivity contribution is -0.132. The summed E-state index contributed by atoms with van der Waals surface area (Å²) in [5.74, 6) is -2.05. The van der Waals surface area contributed by atoms with Gasteiger partial charge in [-0.3, -0.25) is 14.5 Å². The van der Waals surface area contributed by atoms with E-state index in [4.69, 9.17) is 0 Å². The number of fused-ring (bicyclic) bond motifs is 1. The van der Waals surface area contributed by atoms with Crippen molar-refractivity contribution in [1.82, 2.24) is 10.2 Å². The summed E-state index contributed by atoms with van der Waals surface area (Å²) >= 11 is 6.10. The maximum Gasteiger partial charge on any atom is 0.301 e. The molecule has 1 aromatic heterocycles. The van der Waals surface area contributed by atoms with Crippen LogP contribution in [0.25, 0.3) is 16.5 Å². The van der Waals surface area contributed by atoms with Crippen molar-refractivity contribution in [3.63, 3.8) is 0 Å². The Hall–Kier alpha value is -3.86. The fraction of sp³-hybridized carbons (Fsp3) is 0.0968. The Labute approximate surface area is 251 Å². The minimum absolute atomic E-state index is 0.108. The van der Waals surface area contributed by atoms with Gasteiger partial charge in [0, 0.05) is 15.8 Å². The average Bonchev–Trinajstić information content (AvgIpc) is 3.55. The van der Waals surface area contributed by atoms with Gasteiger partial charge in [-0.15, -0.1) is 10.2 Å². The summed E-state index contributed by atoms with van der Waals surface area (Å²) in [4.78, 5) is 28.1. The highest BCUT2D eigenvalue weighted by atomic mass is 79.9. The van der Waals surface area contributed by atoms with Gasteiger partial charge in [-0.25, -0.2) is 4.39 Å². The summed E-state index contributed by atoms with van der Waals surface area (Å²) < 4.78 is 15.8. The van der Waals surface area contributed by atoms with Gasteiger partial charge in [-0.1, -0.05) is 106 Å². The number of aryl methyl sites for hydroxylation is 1. The Kier molecular flexibility index (Phi) is 7.46. The molecule has 1 N–H and O–H groups in total. The van der Waals surface area contributed by atoms with Crippen LogP contribution in [0.3, 0.4) is 0 Å². The lowest BCUT2D eigenvalue weighted by atomic mass is 9.95. The average molecular weight is 647 g/mol. The molecule has 0 saturated carbocycles. The first-order valence-electron chi connectivity index (χ1n) is 12.6. The largest absolute Gasteiger partial charge is 0.507 e. The number of carbonyl (C=O) groups is 2. The topological polar surface area (TPSA) is 83.4 Å². The normalized spacial score (nSPS) is 16.6. The fourth-order valence-corrected chi connectivity index (χ4v) is 6.94. The number of ketones is 1. The second-order valence-corrected chi connectivity index (χ2v) is 12.6. The molecular formula is C31H21BrFN3O3S2. The Morgan fingerprint density at radius 2 is 1.78 bits per heavy atom. The molecule has 1 aliphatic rings. The highest BCUT2D eigenvalue weighted by Gasteiger charge is 2.48. The molecule has 0 unspecified atom stereocenters. The van der Waals surface area contributed by atoms with E-state index < -0.39 is 29.3 Å². The number of thioether (sulfide) groups is 1. The molecule has 2 heterocycles. The van der Waals surface area contributed by atoms with E-state index in [9.17, 15) is 19.1 Å². The van der Waals surface area contributed by atoms with Gasteiger partial charge in [0.25, 0.3) is 5.78 Å². The van der Waals surface area contributed by atoms with Crippen molar-refractivity contribution in [3.05, 3.63) is 123 Å². The molecule has 0 bridgehead atoms. The lowest BCUT2D eigenvalue weighted by Crippen LogP contribution is -2.29. The molecule has 5 aromatic rings.